The van der Waals surface area contributed by atoms with Crippen LogP contribution in [0.15, 0.2) is 48.5 Å². The Morgan fingerprint density at radius 2 is 1.76 bits per heavy atom. The van der Waals surface area contributed by atoms with Crippen LogP contribution in [0.25, 0.3) is 0 Å². The van der Waals surface area contributed by atoms with Crippen LogP contribution in [0.5, 0.6) is 5.75 Å². The molecule has 0 aromatic heterocycles. The quantitative estimate of drug-likeness (QED) is 0.653. The number of ether oxygens (including phenoxy) is 1. The van der Waals surface area contributed by atoms with E-state index in [4.69, 9.17) is 16.3 Å². The van der Waals surface area contributed by atoms with Crippen molar-refractivity contribution in [1.29, 1.82) is 0 Å². The number of likely N-dealkylation sites (tertiary alicyclic amines) is 1. The number of carbonyl (C=O) groups excluding carboxylic acids is 2. The van der Waals surface area contributed by atoms with Gasteiger partial charge in [-0.3, -0.25) is 9.59 Å². The van der Waals surface area contributed by atoms with Crippen LogP contribution in [0.3, 0.4) is 0 Å². The van der Waals surface area contributed by atoms with E-state index in [0.29, 0.717) is 35.9 Å². The summed E-state index contributed by atoms with van der Waals surface area (Å²) in [6.07, 6.45) is 7.70. The fraction of sp³-hybridized carbons (Fsp3) is 0.481. The molecule has 2 amide bonds. The molecule has 0 radical (unpaired) electrons. The second-order valence-corrected chi connectivity index (χ2v) is 9.82. The lowest BCUT2D eigenvalue weighted by atomic mass is 9.74. The van der Waals surface area contributed by atoms with Crippen LogP contribution < -0.4 is 10.1 Å². The highest BCUT2D eigenvalue weighted by atomic mass is 35.5. The molecular weight excluding hydrogens is 436 g/mol. The number of fused-ring (bicyclic) bond motifs is 1. The maximum atomic E-state index is 13.0. The van der Waals surface area contributed by atoms with Crippen molar-refractivity contribution in [2.75, 3.05) is 26.2 Å². The molecule has 2 aliphatic rings. The standard InChI is InChI=1S/C27H33ClN2O3/c28-22-10-11-24-23(19-22)26(32)29-20-27(12-6-1-2-7-17-33-24)13-15-30(16-14-27)25(31)18-21-8-4-3-5-9-21/h3-5,8-11,19H,1-2,6-7,12-18,20H2,(H,29,32). The van der Waals surface area contributed by atoms with E-state index in [1.54, 1.807) is 18.2 Å². The summed E-state index contributed by atoms with van der Waals surface area (Å²) in [4.78, 5) is 27.9. The zero-order valence-electron chi connectivity index (χ0n) is 19.2. The van der Waals surface area contributed by atoms with Crippen LogP contribution in [0, 0.1) is 5.41 Å². The Bertz CT molecular complexity index is 955. The van der Waals surface area contributed by atoms with Crippen LogP contribution >= 0.6 is 11.6 Å². The topological polar surface area (TPSA) is 58.6 Å². The molecule has 176 valence electrons. The van der Waals surface area contributed by atoms with Crippen molar-refractivity contribution < 1.29 is 14.3 Å². The summed E-state index contributed by atoms with van der Waals surface area (Å²) in [5.74, 6) is 0.630. The summed E-state index contributed by atoms with van der Waals surface area (Å²) in [7, 11) is 0. The molecule has 0 atom stereocenters. The van der Waals surface area contributed by atoms with Crippen molar-refractivity contribution in [3.8, 4) is 5.75 Å². The van der Waals surface area contributed by atoms with Crippen LogP contribution in [-0.4, -0.2) is 43.0 Å². The zero-order valence-corrected chi connectivity index (χ0v) is 19.9. The first-order valence-electron chi connectivity index (χ1n) is 12.1. The summed E-state index contributed by atoms with van der Waals surface area (Å²) in [6, 6.07) is 15.1. The van der Waals surface area contributed by atoms with Gasteiger partial charge in [0.05, 0.1) is 18.6 Å². The molecule has 1 saturated heterocycles. The van der Waals surface area contributed by atoms with Gasteiger partial charge in [0.25, 0.3) is 5.91 Å². The molecule has 1 N–H and O–H groups in total. The van der Waals surface area contributed by atoms with Gasteiger partial charge in [-0.2, -0.15) is 0 Å². The SMILES string of the molecule is O=C1NCC2(CCCCCCOc3ccc(Cl)cc31)CCN(C(=O)Cc1ccccc1)CC2. The van der Waals surface area contributed by atoms with Gasteiger partial charge in [-0.15, -0.1) is 0 Å². The highest BCUT2D eigenvalue weighted by Gasteiger charge is 2.36. The number of benzene rings is 2. The van der Waals surface area contributed by atoms with Gasteiger partial charge in [0.2, 0.25) is 5.91 Å². The number of amides is 2. The molecule has 2 aliphatic heterocycles. The van der Waals surface area contributed by atoms with E-state index >= 15 is 0 Å². The molecule has 2 aromatic carbocycles. The molecule has 2 heterocycles. The fourth-order valence-corrected chi connectivity index (χ4v) is 5.11. The van der Waals surface area contributed by atoms with Gasteiger partial charge >= 0.3 is 0 Å². The predicted molar refractivity (Wildman–Crippen MR) is 131 cm³/mol. The van der Waals surface area contributed by atoms with Crippen LogP contribution in [0.1, 0.15) is 60.9 Å². The first kappa shape index (κ1) is 23.6. The molecule has 5 nitrogen and oxygen atoms in total. The van der Waals surface area contributed by atoms with E-state index < -0.39 is 0 Å². The number of nitrogens with one attached hydrogen (secondary N) is 1. The Kier molecular flexibility index (Phi) is 7.92. The Labute approximate surface area is 201 Å². The third kappa shape index (κ3) is 6.29. The largest absolute Gasteiger partial charge is 0.493 e. The third-order valence-electron chi connectivity index (χ3n) is 7.04. The van der Waals surface area contributed by atoms with Crippen LogP contribution in [0.4, 0.5) is 0 Å². The summed E-state index contributed by atoms with van der Waals surface area (Å²) < 4.78 is 5.89. The van der Waals surface area contributed by atoms with Crippen LogP contribution in [0.2, 0.25) is 5.02 Å². The lowest BCUT2D eigenvalue weighted by molar-refractivity contribution is -0.132. The molecule has 0 saturated carbocycles. The monoisotopic (exact) mass is 468 g/mol. The minimum absolute atomic E-state index is 0.0207. The molecular formula is C27H33ClN2O3. The average molecular weight is 469 g/mol. The van der Waals surface area contributed by atoms with Crippen LogP contribution in [-0.2, 0) is 11.2 Å². The number of hydrogen-bond acceptors (Lipinski definition) is 3. The Balaban J connectivity index is 1.42. The van der Waals surface area contributed by atoms with Crippen molar-refractivity contribution >= 4 is 23.4 Å². The molecule has 33 heavy (non-hydrogen) atoms. The average Bonchev–Trinajstić information content (AvgIpc) is 2.84. The number of halogens is 1. The number of rotatable bonds is 2. The van der Waals surface area contributed by atoms with Crippen molar-refractivity contribution in [1.82, 2.24) is 10.2 Å². The molecule has 0 bridgehead atoms. The van der Waals surface area contributed by atoms with Gasteiger partial charge in [0.1, 0.15) is 5.75 Å². The van der Waals surface area contributed by atoms with E-state index in [2.05, 4.69) is 5.32 Å². The Morgan fingerprint density at radius 1 is 1.00 bits per heavy atom. The molecule has 0 aliphatic carbocycles. The second-order valence-electron chi connectivity index (χ2n) is 9.38. The molecule has 1 fully saturated rings. The van der Waals surface area contributed by atoms with Gasteiger partial charge in [0, 0.05) is 24.7 Å². The molecule has 1 spiro atoms. The van der Waals surface area contributed by atoms with Crippen molar-refractivity contribution in [3.05, 3.63) is 64.7 Å². The number of nitrogens with zero attached hydrogens (tertiary/aromatic N) is 1. The smallest absolute Gasteiger partial charge is 0.255 e. The van der Waals surface area contributed by atoms with Crippen molar-refractivity contribution in [3.63, 3.8) is 0 Å². The van der Waals surface area contributed by atoms with Gasteiger partial charge in [-0.25, -0.2) is 0 Å². The van der Waals surface area contributed by atoms with E-state index in [0.717, 1.165) is 63.6 Å². The lowest BCUT2D eigenvalue weighted by Crippen LogP contribution is -2.48. The second kappa shape index (κ2) is 11.1. The van der Waals surface area contributed by atoms with E-state index in [1.807, 2.05) is 35.2 Å². The number of piperidine rings is 1. The number of carbonyl (C=O) groups is 2. The van der Waals surface area contributed by atoms with E-state index in [1.165, 1.54) is 0 Å². The first-order valence-corrected chi connectivity index (χ1v) is 12.4. The summed E-state index contributed by atoms with van der Waals surface area (Å²) in [6.45, 7) is 2.70. The summed E-state index contributed by atoms with van der Waals surface area (Å²) >= 11 is 6.17. The number of hydrogen-bond donors (Lipinski definition) is 1. The zero-order chi connectivity index (χ0) is 23.1. The minimum atomic E-state index is -0.145. The Hall–Kier alpha value is -2.53. The van der Waals surface area contributed by atoms with Gasteiger partial charge < -0.3 is 15.0 Å². The molecule has 4 rings (SSSR count). The van der Waals surface area contributed by atoms with E-state index in [-0.39, 0.29) is 17.2 Å². The first-order chi connectivity index (χ1) is 16.0. The normalized spacial score (nSPS) is 19.3. The fourth-order valence-electron chi connectivity index (χ4n) is 4.93. The maximum Gasteiger partial charge on any atom is 0.255 e. The highest BCUT2D eigenvalue weighted by molar-refractivity contribution is 6.31. The summed E-state index contributed by atoms with van der Waals surface area (Å²) in [5, 5.41) is 3.69. The Morgan fingerprint density at radius 3 is 2.55 bits per heavy atom. The maximum absolute atomic E-state index is 13.0. The van der Waals surface area contributed by atoms with Crippen molar-refractivity contribution in [2.45, 2.75) is 51.4 Å². The van der Waals surface area contributed by atoms with E-state index in [9.17, 15) is 9.59 Å². The summed E-state index contributed by atoms with van der Waals surface area (Å²) in [5.41, 5.74) is 1.57. The third-order valence-corrected chi connectivity index (χ3v) is 7.28. The molecule has 6 heteroatoms. The minimum Gasteiger partial charge on any atom is -0.493 e. The van der Waals surface area contributed by atoms with Crippen molar-refractivity contribution in [2.24, 2.45) is 5.41 Å². The molecule has 0 unspecified atom stereocenters. The van der Waals surface area contributed by atoms with Gasteiger partial charge in [0.15, 0.2) is 0 Å². The highest BCUT2D eigenvalue weighted by Crippen LogP contribution is 2.37. The predicted octanol–water partition coefficient (Wildman–Crippen LogP) is 5.26. The van der Waals surface area contributed by atoms with Gasteiger partial charge in [-0.05, 0) is 54.9 Å². The lowest BCUT2D eigenvalue weighted by Gasteiger charge is -2.42. The van der Waals surface area contributed by atoms with Gasteiger partial charge in [-0.1, -0.05) is 61.2 Å². The molecule has 2 aromatic rings.